The van der Waals surface area contributed by atoms with E-state index in [0.29, 0.717) is 18.5 Å². The Morgan fingerprint density at radius 1 is 1.28 bits per heavy atom. The standard InChI is InChI=1S/C24H27FN6O5/c1-12(2)26-24(35)36-15-5-4-13(6-15)18-10-22(29-28-18)27-23(34)20-9-19(30-31(20)3)16-7-14(25)8-21(33)17(16)11-32/h7-13,15,33H,4-6H2,1-3H3,(H,26,35)(H2,27,28,29,34)/t13-,15+/m0/s1. The third kappa shape index (κ3) is 5.37. The molecule has 2 aromatic heterocycles. The third-order valence-corrected chi connectivity index (χ3v) is 5.97. The van der Waals surface area contributed by atoms with Crippen LogP contribution in [0.3, 0.4) is 0 Å². The molecule has 1 aromatic carbocycles. The van der Waals surface area contributed by atoms with Gasteiger partial charge in [0, 0.05) is 42.4 Å². The number of aromatic nitrogens is 4. The molecule has 2 heterocycles. The lowest BCUT2D eigenvalue weighted by atomic mass is 10.0. The molecule has 0 saturated heterocycles. The Hall–Kier alpha value is -4.22. The van der Waals surface area contributed by atoms with E-state index in [1.54, 1.807) is 6.07 Å². The number of hydrogen-bond acceptors (Lipinski definition) is 7. The van der Waals surface area contributed by atoms with Crippen molar-refractivity contribution in [1.82, 2.24) is 25.3 Å². The second kappa shape index (κ2) is 10.2. The topological polar surface area (TPSA) is 151 Å². The number of phenolic OH excluding ortho intramolecular Hbond substituents is 1. The van der Waals surface area contributed by atoms with Crippen LogP contribution in [-0.4, -0.2) is 55.5 Å². The van der Waals surface area contributed by atoms with Gasteiger partial charge in [0.15, 0.2) is 12.1 Å². The number of phenols is 1. The summed E-state index contributed by atoms with van der Waals surface area (Å²) in [6, 6.07) is 5.02. The van der Waals surface area contributed by atoms with Crippen molar-refractivity contribution in [3.8, 4) is 17.0 Å². The van der Waals surface area contributed by atoms with Gasteiger partial charge >= 0.3 is 6.09 Å². The van der Waals surface area contributed by atoms with Crippen LogP contribution in [0.5, 0.6) is 5.75 Å². The summed E-state index contributed by atoms with van der Waals surface area (Å²) in [7, 11) is 1.53. The smallest absolute Gasteiger partial charge is 0.407 e. The maximum Gasteiger partial charge on any atom is 0.407 e. The zero-order valence-electron chi connectivity index (χ0n) is 20.0. The number of halogens is 1. The van der Waals surface area contributed by atoms with Crippen LogP contribution < -0.4 is 10.6 Å². The zero-order chi connectivity index (χ0) is 26.0. The fourth-order valence-electron chi connectivity index (χ4n) is 4.29. The van der Waals surface area contributed by atoms with Crippen molar-refractivity contribution in [2.45, 2.75) is 51.2 Å². The van der Waals surface area contributed by atoms with Crippen LogP contribution in [0.4, 0.5) is 15.0 Å². The summed E-state index contributed by atoms with van der Waals surface area (Å²) in [4.78, 5) is 36.1. The molecule has 3 aromatic rings. The van der Waals surface area contributed by atoms with Crippen LogP contribution in [0.25, 0.3) is 11.3 Å². The summed E-state index contributed by atoms with van der Waals surface area (Å²) in [6.45, 7) is 3.72. The molecule has 4 N–H and O–H groups in total. The molecule has 0 spiro atoms. The molecule has 36 heavy (non-hydrogen) atoms. The highest BCUT2D eigenvalue weighted by Gasteiger charge is 2.30. The minimum absolute atomic E-state index is 0.00272. The van der Waals surface area contributed by atoms with Gasteiger partial charge in [-0.15, -0.1) is 0 Å². The molecule has 0 bridgehead atoms. The monoisotopic (exact) mass is 498 g/mol. The number of H-pyrrole nitrogens is 1. The second-order valence-corrected chi connectivity index (χ2v) is 9.04. The predicted molar refractivity (Wildman–Crippen MR) is 127 cm³/mol. The van der Waals surface area contributed by atoms with Gasteiger partial charge in [-0.2, -0.15) is 10.2 Å². The SMILES string of the molecule is CC(C)NC(=O)O[C@@H]1CC[C@H](c2cc(NC(=O)c3cc(-c4cc(F)cc(O)c4C=O)nn3C)n[nH]2)C1. The first kappa shape index (κ1) is 24.9. The van der Waals surface area contributed by atoms with Crippen molar-refractivity contribution in [3.05, 3.63) is 47.0 Å². The number of aromatic hydroxyl groups is 1. The Balaban J connectivity index is 1.43. The molecule has 12 heteroatoms. The van der Waals surface area contributed by atoms with Gasteiger partial charge < -0.3 is 20.5 Å². The number of amides is 2. The van der Waals surface area contributed by atoms with Gasteiger partial charge in [0.05, 0.1) is 11.3 Å². The molecule has 0 aliphatic heterocycles. The molecule has 1 saturated carbocycles. The van der Waals surface area contributed by atoms with E-state index in [0.717, 1.165) is 30.7 Å². The summed E-state index contributed by atoms with van der Waals surface area (Å²) in [5.41, 5.74) is 1.05. The number of aldehydes is 1. The number of rotatable bonds is 7. The van der Waals surface area contributed by atoms with Crippen LogP contribution in [0.15, 0.2) is 24.3 Å². The van der Waals surface area contributed by atoms with E-state index in [-0.39, 0.29) is 40.6 Å². The van der Waals surface area contributed by atoms with E-state index < -0.39 is 23.6 Å². The minimum atomic E-state index is -0.742. The lowest BCUT2D eigenvalue weighted by Gasteiger charge is -2.14. The van der Waals surface area contributed by atoms with Gasteiger partial charge in [-0.3, -0.25) is 19.4 Å². The van der Waals surface area contributed by atoms with Crippen LogP contribution in [-0.2, 0) is 11.8 Å². The Kier molecular flexibility index (Phi) is 7.04. The van der Waals surface area contributed by atoms with E-state index in [4.69, 9.17) is 4.74 Å². The van der Waals surface area contributed by atoms with Crippen molar-refractivity contribution >= 4 is 24.1 Å². The summed E-state index contributed by atoms with van der Waals surface area (Å²) in [6.07, 6.45) is 1.96. The summed E-state index contributed by atoms with van der Waals surface area (Å²) >= 11 is 0. The summed E-state index contributed by atoms with van der Waals surface area (Å²) in [5.74, 6) is -1.36. The maximum atomic E-state index is 13.8. The van der Waals surface area contributed by atoms with Gasteiger partial charge in [0.1, 0.15) is 23.4 Å². The average Bonchev–Trinajstić information content (AvgIpc) is 3.52. The number of aryl methyl sites for hydroxylation is 1. The molecule has 4 rings (SSSR count). The van der Waals surface area contributed by atoms with E-state index in [2.05, 4.69) is 25.9 Å². The van der Waals surface area contributed by atoms with Crippen molar-refractivity contribution in [3.63, 3.8) is 0 Å². The molecule has 1 fully saturated rings. The van der Waals surface area contributed by atoms with Gasteiger partial charge in [0.2, 0.25) is 0 Å². The lowest BCUT2D eigenvalue weighted by molar-refractivity contribution is 0.0979. The minimum Gasteiger partial charge on any atom is -0.507 e. The Morgan fingerprint density at radius 3 is 2.78 bits per heavy atom. The molecular weight excluding hydrogens is 471 g/mol. The van der Waals surface area contributed by atoms with Crippen LogP contribution in [0.2, 0.25) is 0 Å². The zero-order valence-corrected chi connectivity index (χ0v) is 20.0. The van der Waals surface area contributed by atoms with E-state index in [1.807, 2.05) is 13.8 Å². The van der Waals surface area contributed by atoms with Gasteiger partial charge in [-0.1, -0.05) is 0 Å². The number of hydrogen-bond donors (Lipinski definition) is 4. The molecule has 2 atom stereocenters. The van der Waals surface area contributed by atoms with E-state index in [1.165, 1.54) is 17.8 Å². The number of carbonyl (C=O) groups excluding carboxylic acids is 3. The van der Waals surface area contributed by atoms with Crippen molar-refractivity contribution < 1.29 is 28.6 Å². The number of anilines is 1. The van der Waals surface area contributed by atoms with E-state index in [9.17, 15) is 23.9 Å². The van der Waals surface area contributed by atoms with Gasteiger partial charge in [-0.05, 0) is 45.2 Å². The van der Waals surface area contributed by atoms with Crippen LogP contribution >= 0.6 is 0 Å². The normalized spacial score (nSPS) is 17.2. The number of benzene rings is 1. The number of alkyl carbamates (subject to hydrolysis) is 1. The first-order valence-corrected chi connectivity index (χ1v) is 11.5. The van der Waals surface area contributed by atoms with E-state index >= 15 is 0 Å². The first-order valence-electron chi connectivity index (χ1n) is 11.5. The number of ether oxygens (including phenoxy) is 1. The summed E-state index contributed by atoms with van der Waals surface area (Å²) in [5, 5.41) is 26.6. The fourth-order valence-corrected chi connectivity index (χ4v) is 4.29. The molecule has 1 aliphatic rings. The largest absolute Gasteiger partial charge is 0.507 e. The van der Waals surface area contributed by atoms with Crippen molar-refractivity contribution in [2.24, 2.45) is 7.05 Å². The van der Waals surface area contributed by atoms with Gasteiger partial charge in [0.25, 0.3) is 5.91 Å². The Bertz CT molecular complexity index is 1300. The molecule has 1 aliphatic carbocycles. The lowest BCUT2D eigenvalue weighted by Crippen LogP contribution is -2.33. The molecule has 11 nitrogen and oxygen atoms in total. The van der Waals surface area contributed by atoms with Crippen molar-refractivity contribution in [2.75, 3.05) is 5.32 Å². The molecule has 0 radical (unpaired) electrons. The highest BCUT2D eigenvalue weighted by molar-refractivity contribution is 6.03. The number of nitrogens with zero attached hydrogens (tertiary/aromatic N) is 3. The Labute approximate surface area is 206 Å². The quantitative estimate of drug-likeness (QED) is 0.364. The molecule has 190 valence electrons. The second-order valence-electron chi connectivity index (χ2n) is 9.04. The third-order valence-electron chi connectivity index (χ3n) is 5.97. The fraction of sp³-hybridized carbons (Fsp3) is 0.375. The molecule has 2 amide bonds. The maximum absolute atomic E-state index is 13.8. The highest BCUT2D eigenvalue weighted by atomic mass is 19.1. The number of carbonyl (C=O) groups is 3. The van der Waals surface area contributed by atoms with Gasteiger partial charge in [-0.25, -0.2) is 9.18 Å². The summed E-state index contributed by atoms with van der Waals surface area (Å²) < 4.78 is 20.6. The number of nitrogens with one attached hydrogen (secondary N) is 3. The Morgan fingerprint density at radius 2 is 2.06 bits per heavy atom. The first-order chi connectivity index (χ1) is 17.1. The van der Waals surface area contributed by atoms with Crippen LogP contribution in [0.1, 0.15) is 65.6 Å². The highest BCUT2D eigenvalue weighted by Crippen LogP contribution is 2.36. The van der Waals surface area contributed by atoms with Crippen LogP contribution in [0, 0.1) is 5.82 Å². The predicted octanol–water partition coefficient (Wildman–Crippen LogP) is 3.49. The molecular formula is C24H27FN6O5. The average molecular weight is 499 g/mol. The van der Waals surface area contributed by atoms with Crippen molar-refractivity contribution in [1.29, 1.82) is 0 Å². The number of aromatic amines is 1. The molecule has 0 unspecified atom stereocenters.